The molecule has 0 aliphatic heterocycles. The first-order valence-electron chi connectivity index (χ1n) is 7.10. The minimum atomic E-state index is -0.338. The highest BCUT2D eigenvalue weighted by atomic mass is 79.9. The highest BCUT2D eigenvalue weighted by Crippen LogP contribution is 2.23. The van der Waals surface area contributed by atoms with Gasteiger partial charge in [-0.15, -0.1) is 0 Å². The summed E-state index contributed by atoms with van der Waals surface area (Å²) in [4.78, 5) is 12.4. The monoisotopic (exact) mass is 348 g/mol. The molecular formula is C18H18BrFO. The van der Waals surface area contributed by atoms with Crippen LogP contribution in [0.5, 0.6) is 0 Å². The summed E-state index contributed by atoms with van der Waals surface area (Å²) >= 11 is 3.48. The Bertz CT molecular complexity index is 634. The summed E-state index contributed by atoms with van der Waals surface area (Å²) in [5, 5.41) is 0. The Morgan fingerprint density at radius 1 is 1.19 bits per heavy atom. The van der Waals surface area contributed by atoms with E-state index in [4.69, 9.17) is 0 Å². The lowest BCUT2D eigenvalue weighted by Gasteiger charge is -2.10. The predicted molar refractivity (Wildman–Crippen MR) is 87.1 cm³/mol. The number of halogens is 2. The molecule has 21 heavy (non-hydrogen) atoms. The maximum Gasteiger partial charge on any atom is 0.194 e. The van der Waals surface area contributed by atoms with Crippen molar-refractivity contribution in [3.8, 4) is 0 Å². The van der Waals surface area contributed by atoms with E-state index in [1.165, 1.54) is 29.8 Å². The average molecular weight is 349 g/mol. The lowest BCUT2D eigenvalue weighted by molar-refractivity contribution is 0.103. The van der Waals surface area contributed by atoms with E-state index in [1.54, 1.807) is 0 Å². The Morgan fingerprint density at radius 3 is 2.43 bits per heavy atom. The molecule has 1 nitrogen and oxygen atoms in total. The Morgan fingerprint density at radius 2 is 1.86 bits per heavy atom. The highest BCUT2D eigenvalue weighted by molar-refractivity contribution is 9.10. The Balaban J connectivity index is 2.24. The van der Waals surface area contributed by atoms with Crippen LogP contribution in [0.1, 0.15) is 41.8 Å². The van der Waals surface area contributed by atoms with Gasteiger partial charge in [-0.2, -0.15) is 0 Å². The lowest BCUT2D eigenvalue weighted by atomic mass is 9.96. The first-order valence-corrected chi connectivity index (χ1v) is 7.89. The molecule has 2 aromatic rings. The van der Waals surface area contributed by atoms with Gasteiger partial charge in [0.2, 0.25) is 0 Å². The molecule has 0 N–H and O–H groups in total. The third-order valence-electron chi connectivity index (χ3n) is 3.67. The fourth-order valence-corrected chi connectivity index (χ4v) is 2.78. The molecular weight excluding hydrogens is 331 g/mol. The van der Waals surface area contributed by atoms with Gasteiger partial charge in [-0.05, 0) is 54.3 Å². The van der Waals surface area contributed by atoms with Crippen molar-refractivity contribution in [1.29, 1.82) is 0 Å². The highest BCUT2D eigenvalue weighted by Gasteiger charge is 2.13. The van der Waals surface area contributed by atoms with Crippen LogP contribution in [-0.4, -0.2) is 5.78 Å². The fraction of sp³-hybridized carbons (Fsp3) is 0.278. The first kappa shape index (κ1) is 15.9. The van der Waals surface area contributed by atoms with Crippen LogP contribution in [0.2, 0.25) is 0 Å². The van der Waals surface area contributed by atoms with Crippen LogP contribution < -0.4 is 0 Å². The SMILES string of the molecule is CCC(C)Cc1ccc(C(=O)c2ccc(F)cc2)c(Br)c1. The Labute approximate surface area is 133 Å². The molecule has 2 rings (SSSR count). The van der Waals surface area contributed by atoms with E-state index >= 15 is 0 Å². The van der Waals surface area contributed by atoms with E-state index in [0.717, 1.165) is 17.3 Å². The van der Waals surface area contributed by atoms with Crippen molar-refractivity contribution >= 4 is 21.7 Å². The molecule has 1 atom stereocenters. The normalized spacial score (nSPS) is 12.2. The number of carbonyl (C=O) groups excluding carboxylic acids is 1. The van der Waals surface area contributed by atoms with Crippen LogP contribution in [-0.2, 0) is 6.42 Å². The second-order valence-electron chi connectivity index (χ2n) is 5.37. The predicted octanol–water partition coefficient (Wildman–Crippen LogP) is 5.41. The molecule has 0 radical (unpaired) electrons. The fourth-order valence-electron chi connectivity index (χ4n) is 2.17. The maximum absolute atomic E-state index is 12.9. The van der Waals surface area contributed by atoms with Crippen molar-refractivity contribution in [3.05, 3.63) is 69.4 Å². The summed E-state index contributed by atoms with van der Waals surface area (Å²) < 4.78 is 13.7. The molecule has 0 heterocycles. The van der Waals surface area contributed by atoms with Gasteiger partial charge in [0.15, 0.2) is 5.78 Å². The van der Waals surface area contributed by atoms with E-state index in [9.17, 15) is 9.18 Å². The molecule has 0 bridgehead atoms. The maximum atomic E-state index is 12.9. The smallest absolute Gasteiger partial charge is 0.194 e. The van der Waals surface area contributed by atoms with Gasteiger partial charge in [0.1, 0.15) is 5.82 Å². The summed E-state index contributed by atoms with van der Waals surface area (Å²) in [7, 11) is 0. The number of benzene rings is 2. The van der Waals surface area contributed by atoms with E-state index in [0.29, 0.717) is 17.0 Å². The number of rotatable bonds is 5. The first-order chi connectivity index (χ1) is 10.0. The van der Waals surface area contributed by atoms with Crippen molar-refractivity contribution in [1.82, 2.24) is 0 Å². The second-order valence-corrected chi connectivity index (χ2v) is 6.22. The van der Waals surface area contributed by atoms with Gasteiger partial charge in [0.05, 0.1) is 0 Å². The quantitative estimate of drug-likeness (QED) is 0.660. The molecule has 0 spiro atoms. The third kappa shape index (κ3) is 4.01. The van der Waals surface area contributed by atoms with Crippen molar-refractivity contribution in [2.75, 3.05) is 0 Å². The molecule has 0 aromatic heterocycles. The Kier molecular flexibility index (Phi) is 5.29. The number of ketones is 1. The summed E-state index contributed by atoms with van der Waals surface area (Å²) in [5.74, 6) is 0.182. The summed E-state index contributed by atoms with van der Waals surface area (Å²) in [6.07, 6.45) is 2.13. The van der Waals surface area contributed by atoms with E-state index in [-0.39, 0.29) is 11.6 Å². The average Bonchev–Trinajstić information content (AvgIpc) is 2.47. The van der Waals surface area contributed by atoms with Crippen molar-refractivity contribution in [2.24, 2.45) is 5.92 Å². The standard InChI is InChI=1S/C18H18BrFO/c1-3-12(2)10-13-4-9-16(17(19)11-13)18(21)14-5-7-15(20)8-6-14/h4-9,11-12H,3,10H2,1-2H3. The largest absolute Gasteiger partial charge is 0.289 e. The number of hydrogen-bond acceptors (Lipinski definition) is 1. The molecule has 0 amide bonds. The van der Waals surface area contributed by atoms with Crippen LogP contribution in [0, 0.1) is 11.7 Å². The summed E-state index contributed by atoms with van der Waals surface area (Å²) in [5.41, 5.74) is 2.31. The van der Waals surface area contributed by atoms with E-state index in [2.05, 4.69) is 29.8 Å². The van der Waals surface area contributed by atoms with Gasteiger partial charge in [-0.25, -0.2) is 4.39 Å². The minimum Gasteiger partial charge on any atom is -0.289 e. The molecule has 0 aliphatic rings. The molecule has 0 fully saturated rings. The van der Waals surface area contributed by atoms with Gasteiger partial charge in [0.25, 0.3) is 0 Å². The van der Waals surface area contributed by atoms with Crippen LogP contribution >= 0.6 is 15.9 Å². The zero-order chi connectivity index (χ0) is 15.4. The molecule has 2 aromatic carbocycles. The summed E-state index contributed by atoms with van der Waals surface area (Å²) in [6.45, 7) is 4.39. The van der Waals surface area contributed by atoms with Crippen LogP contribution in [0.25, 0.3) is 0 Å². The minimum absolute atomic E-state index is 0.100. The van der Waals surface area contributed by atoms with Gasteiger partial charge in [-0.3, -0.25) is 4.79 Å². The second kappa shape index (κ2) is 6.99. The van der Waals surface area contributed by atoms with Crippen molar-refractivity contribution in [3.63, 3.8) is 0 Å². The molecule has 110 valence electrons. The van der Waals surface area contributed by atoms with Crippen LogP contribution in [0.3, 0.4) is 0 Å². The number of carbonyl (C=O) groups is 1. The third-order valence-corrected chi connectivity index (χ3v) is 4.32. The topological polar surface area (TPSA) is 17.1 Å². The number of hydrogen-bond donors (Lipinski definition) is 0. The molecule has 0 aliphatic carbocycles. The lowest BCUT2D eigenvalue weighted by Crippen LogP contribution is -2.04. The van der Waals surface area contributed by atoms with Gasteiger partial charge in [-0.1, -0.05) is 42.3 Å². The van der Waals surface area contributed by atoms with Crippen molar-refractivity contribution < 1.29 is 9.18 Å². The van der Waals surface area contributed by atoms with E-state index in [1.807, 2.05) is 18.2 Å². The van der Waals surface area contributed by atoms with Gasteiger partial charge < -0.3 is 0 Å². The zero-order valence-corrected chi connectivity index (χ0v) is 13.8. The van der Waals surface area contributed by atoms with Gasteiger partial charge >= 0.3 is 0 Å². The van der Waals surface area contributed by atoms with Crippen molar-refractivity contribution in [2.45, 2.75) is 26.7 Å². The van der Waals surface area contributed by atoms with Crippen LogP contribution in [0.15, 0.2) is 46.9 Å². The van der Waals surface area contributed by atoms with Crippen LogP contribution in [0.4, 0.5) is 4.39 Å². The Hall–Kier alpha value is -1.48. The molecule has 0 saturated heterocycles. The van der Waals surface area contributed by atoms with Gasteiger partial charge in [0, 0.05) is 15.6 Å². The molecule has 3 heteroatoms. The zero-order valence-electron chi connectivity index (χ0n) is 12.2. The summed E-state index contributed by atoms with van der Waals surface area (Å²) in [6, 6.07) is 11.5. The molecule has 1 unspecified atom stereocenters. The molecule has 0 saturated carbocycles. The van der Waals surface area contributed by atoms with E-state index < -0.39 is 0 Å².